The first-order chi connectivity index (χ1) is 5.91. The van der Waals surface area contributed by atoms with Gasteiger partial charge in [0.2, 0.25) is 0 Å². The van der Waals surface area contributed by atoms with E-state index < -0.39 is 17.9 Å². The number of ketones is 1. The summed E-state index contributed by atoms with van der Waals surface area (Å²) < 4.78 is 34.6. The van der Waals surface area contributed by atoms with Gasteiger partial charge in [-0.1, -0.05) is 0 Å². The Hall–Kier alpha value is -1.82. The highest BCUT2D eigenvalue weighted by molar-refractivity contribution is 5.94. The Bertz CT molecular complexity index is 291. The van der Waals surface area contributed by atoms with Gasteiger partial charge in [0.15, 0.2) is 5.92 Å². The summed E-state index contributed by atoms with van der Waals surface area (Å²) in [5, 5.41) is 16.3. The van der Waals surface area contributed by atoms with Crippen molar-refractivity contribution in [3.05, 3.63) is 12.2 Å². The van der Waals surface area contributed by atoms with Gasteiger partial charge in [0.25, 0.3) is 5.78 Å². The molecule has 0 radical (unpaired) electrons. The normalized spacial score (nSPS) is 11.2. The molecule has 6 heteroatoms. The van der Waals surface area contributed by atoms with Crippen LogP contribution in [0.5, 0.6) is 0 Å². The van der Waals surface area contributed by atoms with Crippen LogP contribution in [0, 0.1) is 28.6 Å². The van der Waals surface area contributed by atoms with Crippen molar-refractivity contribution in [2.75, 3.05) is 0 Å². The maximum absolute atomic E-state index is 11.5. The van der Waals surface area contributed by atoms with Crippen molar-refractivity contribution in [3.8, 4) is 12.1 Å². The molecule has 0 aromatic heterocycles. The van der Waals surface area contributed by atoms with Crippen molar-refractivity contribution in [1.82, 2.24) is 0 Å². The summed E-state index contributed by atoms with van der Waals surface area (Å²) in [4.78, 5) is 10.2. The van der Waals surface area contributed by atoms with Crippen molar-refractivity contribution in [2.24, 2.45) is 5.92 Å². The van der Waals surface area contributed by atoms with E-state index in [2.05, 4.69) is 0 Å². The van der Waals surface area contributed by atoms with Crippen LogP contribution in [0.2, 0.25) is 0 Å². The van der Waals surface area contributed by atoms with Crippen molar-refractivity contribution in [2.45, 2.75) is 6.18 Å². The molecule has 0 spiro atoms. The molecule has 0 saturated heterocycles. The molecule has 0 amide bonds. The predicted molar refractivity (Wildman–Crippen MR) is 34.9 cm³/mol. The van der Waals surface area contributed by atoms with Gasteiger partial charge in [-0.25, -0.2) is 0 Å². The minimum Gasteiger partial charge on any atom is -0.285 e. The number of rotatable bonds is 2. The van der Waals surface area contributed by atoms with Crippen molar-refractivity contribution in [3.63, 3.8) is 0 Å². The van der Waals surface area contributed by atoms with Crippen LogP contribution in [-0.4, -0.2) is 12.0 Å². The molecule has 0 rings (SSSR count). The highest BCUT2D eigenvalue weighted by atomic mass is 19.4. The molecule has 0 fully saturated rings. The Morgan fingerprint density at radius 2 is 1.77 bits per heavy atom. The molecule has 0 bridgehead atoms. The van der Waals surface area contributed by atoms with E-state index in [0.717, 1.165) is 0 Å². The number of allylic oxidation sites excluding steroid dienone is 2. The molecule has 0 heterocycles. The third-order valence-corrected chi connectivity index (χ3v) is 0.998. The minimum atomic E-state index is -4.95. The fraction of sp³-hybridized carbons (Fsp3) is 0.286. The number of carbonyl (C=O) groups excluding carboxylic acids is 1. The third-order valence-electron chi connectivity index (χ3n) is 0.998. The van der Waals surface area contributed by atoms with Crippen LogP contribution < -0.4 is 0 Å². The number of hydrogen-bond donors (Lipinski definition) is 0. The molecule has 0 N–H and O–H groups in total. The molecule has 13 heavy (non-hydrogen) atoms. The number of alkyl halides is 3. The van der Waals surface area contributed by atoms with Crippen LogP contribution in [0.25, 0.3) is 0 Å². The average Bonchev–Trinajstić information content (AvgIpc) is 2.04. The molecule has 0 aromatic carbocycles. The van der Waals surface area contributed by atoms with Crippen molar-refractivity contribution in [1.29, 1.82) is 10.5 Å². The van der Waals surface area contributed by atoms with Crippen molar-refractivity contribution >= 4 is 5.78 Å². The topological polar surface area (TPSA) is 64.7 Å². The van der Waals surface area contributed by atoms with E-state index in [0.29, 0.717) is 6.08 Å². The average molecular weight is 188 g/mol. The summed E-state index contributed by atoms with van der Waals surface area (Å²) in [6.45, 7) is 0. The zero-order valence-electron chi connectivity index (χ0n) is 6.17. The molecular formula is C7H3F3N2O. The number of nitriles is 2. The number of nitrogens with zero attached hydrogens (tertiary/aromatic N) is 2. The van der Waals surface area contributed by atoms with Crippen LogP contribution in [0.4, 0.5) is 13.2 Å². The van der Waals surface area contributed by atoms with Crippen LogP contribution >= 0.6 is 0 Å². The summed E-state index contributed by atoms with van der Waals surface area (Å²) in [6, 6.07) is 2.78. The van der Waals surface area contributed by atoms with Gasteiger partial charge < -0.3 is 0 Å². The lowest BCUT2D eigenvalue weighted by Gasteiger charge is -1.98. The van der Waals surface area contributed by atoms with Crippen LogP contribution in [0.1, 0.15) is 0 Å². The second-order valence-corrected chi connectivity index (χ2v) is 1.96. The summed E-state index contributed by atoms with van der Waals surface area (Å²) in [7, 11) is 0. The molecule has 0 aliphatic heterocycles. The second-order valence-electron chi connectivity index (χ2n) is 1.96. The lowest BCUT2D eigenvalue weighted by Crippen LogP contribution is -2.20. The fourth-order valence-corrected chi connectivity index (χ4v) is 0.393. The Morgan fingerprint density at radius 1 is 1.31 bits per heavy atom. The predicted octanol–water partition coefficient (Wildman–Crippen LogP) is 1.34. The van der Waals surface area contributed by atoms with Gasteiger partial charge in [-0.05, 0) is 12.2 Å². The third kappa shape index (κ3) is 3.92. The first-order valence-corrected chi connectivity index (χ1v) is 3.00. The lowest BCUT2D eigenvalue weighted by molar-refractivity contribution is -0.165. The van der Waals surface area contributed by atoms with E-state index in [4.69, 9.17) is 10.5 Å². The molecule has 0 atom stereocenters. The second kappa shape index (κ2) is 4.27. The molecule has 0 unspecified atom stereocenters. The standard InChI is InChI=1S/C7H3F3N2O/c8-7(9,10)6(13)2-1-5(3-11)4-12/h1-2,5H/b2-1+. The van der Waals surface area contributed by atoms with Crippen LogP contribution in [0.15, 0.2) is 12.2 Å². The van der Waals surface area contributed by atoms with E-state index in [-0.39, 0.29) is 6.08 Å². The van der Waals surface area contributed by atoms with E-state index >= 15 is 0 Å². The Labute approximate surface area is 71.7 Å². The van der Waals surface area contributed by atoms with Gasteiger partial charge in [-0.2, -0.15) is 23.7 Å². The smallest absolute Gasteiger partial charge is 0.285 e. The summed E-state index contributed by atoms with van der Waals surface area (Å²) in [6.07, 6.45) is -4.17. The molecular weight excluding hydrogens is 185 g/mol. The summed E-state index contributed by atoms with van der Waals surface area (Å²) in [5.41, 5.74) is 0. The van der Waals surface area contributed by atoms with Gasteiger partial charge in [-0.15, -0.1) is 0 Å². The largest absolute Gasteiger partial charge is 0.454 e. The van der Waals surface area contributed by atoms with E-state index in [1.54, 1.807) is 0 Å². The molecule has 3 nitrogen and oxygen atoms in total. The quantitative estimate of drug-likeness (QED) is 0.614. The van der Waals surface area contributed by atoms with Gasteiger partial charge in [0.05, 0.1) is 12.1 Å². The maximum Gasteiger partial charge on any atom is 0.454 e. The summed E-state index contributed by atoms with van der Waals surface area (Å²) in [5.74, 6) is -3.41. The highest BCUT2D eigenvalue weighted by Gasteiger charge is 2.36. The monoisotopic (exact) mass is 188 g/mol. The highest BCUT2D eigenvalue weighted by Crippen LogP contribution is 2.16. The Kier molecular flexibility index (Phi) is 3.67. The van der Waals surface area contributed by atoms with Crippen LogP contribution in [0.3, 0.4) is 0 Å². The molecule has 0 aromatic rings. The fourth-order valence-electron chi connectivity index (χ4n) is 0.393. The SMILES string of the molecule is N#CC(C#N)/C=C/C(=O)C(F)(F)F. The van der Waals surface area contributed by atoms with Gasteiger partial charge in [0.1, 0.15) is 0 Å². The first-order valence-electron chi connectivity index (χ1n) is 3.00. The Morgan fingerprint density at radius 3 is 2.08 bits per heavy atom. The summed E-state index contributed by atoms with van der Waals surface area (Å²) >= 11 is 0. The van der Waals surface area contributed by atoms with Gasteiger partial charge in [-0.3, -0.25) is 4.79 Å². The molecule has 68 valence electrons. The molecule has 0 aliphatic rings. The zero-order chi connectivity index (χ0) is 10.5. The Balaban J connectivity index is 4.41. The molecule has 0 saturated carbocycles. The maximum atomic E-state index is 11.5. The first kappa shape index (κ1) is 11.2. The number of carbonyl (C=O) groups is 1. The number of halogens is 3. The minimum absolute atomic E-state index is 0.178. The van der Waals surface area contributed by atoms with Gasteiger partial charge >= 0.3 is 6.18 Å². The van der Waals surface area contributed by atoms with E-state index in [1.807, 2.05) is 0 Å². The number of hydrogen-bond acceptors (Lipinski definition) is 3. The molecule has 0 aliphatic carbocycles. The van der Waals surface area contributed by atoms with Gasteiger partial charge in [0, 0.05) is 0 Å². The lowest BCUT2D eigenvalue weighted by atomic mass is 10.1. The van der Waals surface area contributed by atoms with Crippen molar-refractivity contribution < 1.29 is 18.0 Å². The van der Waals surface area contributed by atoms with Crippen LogP contribution in [-0.2, 0) is 4.79 Å². The van der Waals surface area contributed by atoms with E-state index in [9.17, 15) is 18.0 Å². The van der Waals surface area contributed by atoms with E-state index in [1.165, 1.54) is 12.1 Å². The zero-order valence-corrected chi connectivity index (χ0v) is 6.17.